The maximum atomic E-state index is 15.0. The molecule has 0 spiro atoms. The molecule has 0 bridgehead atoms. The van der Waals surface area contributed by atoms with Crippen molar-refractivity contribution in [2.24, 2.45) is 5.92 Å². The predicted octanol–water partition coefficient (Wildman–Crippen LogP) is 8.61. The molecule has 0 amide bonds. The van der Waals surface area contributed by atoms with Gasteiger partial charge in [-0.1, -0.05) is 58.1 Å². The van der Waals surface area contributed by atoms with Crippen LogP contribution in [-0.4, -0.2) is 0 Å². The number of aryl methyl sites for hydroxylation is 1. The molecule has 2 aromatic carbocycles. The normalized spacial score (nSPS) is 20.2. The van der Waals surface area contributed by atoms with E-state index in [0.717, 1.165) is 32.1 Å². The Morgan fingerprint density at radius 2 is 1.58 bits per heavy atom. The fourth-order valence-corrected chi connectivity index (χ4v) is 5.32. The molecule has 0 unspecified atom stereocenters. The van der Waals surface area contributed by atoms with Crippen LogP contribution in [-0.2, 0) is 12.8 Å². The summed E-state index contributed by atoms with van der Waals surface area (Å²) < 4.78 is 50.6. The van der Waals surface area contributed by atoms with Gasteiger partial charge >= 0.3 is 0 Å². The SMILES string of the molecule is CCCCCC1CCC(c2cc3c(c(F)c2F)Oc2c(ccc(CCC)c2F)C3)CC1. The van der Waals surface area contributed by atoms with Crippen molar-refractivity contribution in [3.8, 4) is 11.5 Å². The Morgan fingerprint density at radius 1 is 0.839 bits per heavy atom. The van der Waals surface area contributed by atoms with Crippen LogP contribution in [0.15, 0.2) is 18.2 Å². The molecule has 2 aromatic rings. The monoisotopic (exact) mass is 430 g/mol. The number of fused-ring (bicyclic) bond motifs is 2. The molecule has 1 aliphatic carbocycles. The molecule has 1 heterocycles. The Labute approximate surface area is 184 Å². The highest BCUT2D eigenvalue weighted by molar-refractivity contribution is 5.54. The molecule has 0 saturated heterocycles. The highest BCUT2D eigenvalue weighted by Crippen LogP contribution is 2.45. The van der Waals surface area contributed by atoms with Gasteiger partial charge in [0.05, 0.1) is 0 Å². The molecule has 2 aliphatic rings. The molecule has 1 aliphatic heterocycles. The minimum Gasteiger partial charge on any atom is -0.450 e. The molecule has 168 valence electrons. The van der Waals surface area contributed by atoms with Gasteiger partial charge in [0.2, 0.25) is 5.82 Å². The topological polar surface area (TPSA) is 9.23 Å². The van der Waals surface area contributed by atoms with Gasteiger partial charge in [0.1, 0.15) is 0 Å². The standard InChI is InChI=1S/C27H33F3O/c1-3-5-6-8-17-9-11-18(12-10-17)22-16-21-15-20-14-13-19(7-4-2)23(28)26(20)31-27(21)25(30)24(22)29/h13-14,16-18H,3-12,15H2,1-2H3. The predicted molar refractivity (Wildman–Crippen MR) is 118 cm³/mol. The molecule has 1 fully saturated rings. The first-order chi connectivity index (χ1) is 15.0. The molecule has 4 rings (SSSR count). The fraction of sp³-hybridized carbons (Fsp3) is 0.556. The van der Waals surface area contributed by atoms with Crippen LogP contribution < -0.4 is 4.74 Å². The van der Waals surface area contributed by atoms with Gasteiger partial charge in [-0.3, -0.25) is 0 Å². The van der Waals surface area contributed by atoms with E-state index in [1.807, 2.05) is 13.0 Å². The van der Waals surface area contributed by atoms with Crippen LogP contribution >= 0.6 is 0 Å². The molecular weight excluding hydrogens is 397 g/mol. The van der Waals surface area contributed by atoms with Crippen LogP contribution in [0, 0.1) is 23.4 Å². The van der Waals surface area contributed by atoms with E-state index in [9.17, 15) is 4.39 Å². The maximum Gasteiger partial charge on any atom is 0.201 e. The fourth-order valence-electron chi connectivity index (χ4n) is 5.32. The van der Waals surface area contributed by atoms with Gasteiger partial charge in [-0.15, -0.1) is 0 Å². The van der Waals surface area contributed by atoms with Crippen molar-refractivity contribution in [1.29, 1.82) is 0 Å². The summed E-state index contributed by atoms with van der Waals surface area (Å²) in [5, 5.41) is 0. The number of rotatable bonds is 7. The Balaban J connectivity index is 1.54. The van der Waals surface area contributed by atoms with Gasteiger partial charge in [-0.2, -0.15) is 4.39 Å². The minimum absolute atomic E-state index is 0.0484. The Bertz CT molecular complexity index is 929. The lowest BCUT2D eigenvalue weighted by molar-refractivity contribution is 0.296. The van der Waals surface area contributed by atoms with Crippen LogP contribution in [0.3, 0.4) is 0 Å². The van der Waals surface area contributed by atoms with E-state index in [-0.39, 0.29) is 17.4 Å². The van der Waals surface area contributed by atoms with E-state index in [0.29, 0.717) is 41.0 Å². The highest BCUT2D eigenvalue weighted by atomic mass is 19.2. The average molecular weight is 431 g/mol. The van der Waals surface area contributed by atoms with Crippen molar-refractivity contribution in [1.82, 2.24) is 0 Å². The van der Waals surface area contributed by atoms with Crippen LogP contribution in [0.25, 0.3) is 0 Å². The second-order valence-corrected chi connectivity index (χ2v) is 9.35. The lowest BCUT2D eigenvalue weighted by atomic mass is 9.76. The summed E-state index contributed by atoms with van der Waals surface area (Å²) in [4.78, 5) is 0. The van der Waals surface area contributed by atoms with E-state index in [1.165, 1.54) is 25.7 Å². The molecule has 4 heteroatoms. The van der Waals surface area contributed by atoms with Crippen LogP contribution in [0.5, 0.6) is 11.5 Å². The van der Waals surface area contributed by atoms with Crippen LogP contribution in [0.4, 0.5) is 13.2 Å². The summed E-state index contributed by atoms with van der Waals surface area (Å²) in [7, 11) is 0. The molecule has 1 saturated carbocycles. The number of benzene rings is 2. The third-order valence-corrected chi connectivity index (χ3v) is 7.13. The summed E-state index contributed by atoms with van der Waals surface area (Å²) in [6.07, 6.45) is 10.7. The van der Waals surface area contributed by atoms with E-state index >= 15 is 8.78 Å². The molecule has 0 aromatic heterocycles. The van der Waals surface area contributed by atoms with Crippen LogP contribution in [0.2, 0.25) is 0 Å². The van der Waals surface area contributed by atoms with Crippen molar-refractivity contribution >= 4 is 0 Å². The summed E-state index contributed by atoms with van der Waals surface area (Å²) in [5.41, 5.74) is 2.34. The lowest BCUT2D eigenvalue weighted by Gasteiger charge is -2.30. The second-order valence-electron chi connectivity index (χ2n) is 9.35. The van der Waals surface area contributed by atoms with Crippen molar-refractivity contribution in [3.63, 3.8) is 0 Å². The van der Waals surface area contributed by atoms with Crippen molar-refractivity contribution in [2.45, 2.75) is 90.4 Å². The smallest absolute Gasteiger partial charge is 0.201 e. The summed E-state index contributed by atoms with van der Waals surface area (Å²) in [5.74, 6) is -1.57. The Hall–Kier alpha value is -1.97. The molecule has 0 N–H and O–H groups in total. The number of unbranched alkanes of at least 4 members (excludes halogenated alkanes) is 2. The van der Waals surface area contributed by atoms with E-state index in [2.05, 4.69) is 6.92 Å². The average Bonchev–Trinajstić information content (AvgIpc) is 2.78. The maximum absolute atomic E-state index is 15.0. The van der Waals surface area contributed by atoms with Gasteiger partial charge in [-0.25, -0.2) is 8.78 Å². The first-order valence-corrected chi connectivity index (χ1v) is 12.0. The minimum atomic E-state index is -0.969. The third kappa shape index (κ3) is 4.49. The second kappa shape index (κ2) is 9.67. The van der Waals surface area contributed by atoms with Crippen LogP contribution in [0.1, 0.15) is 99.8 Å². The lowest BCUT2D eigenvalue weighted by Crippen LogP contribution is -2.17. The first-order valence-electron chi connectivity index (χ1n) is 12.0. The number of halogens is 3. The van der Waals surface area contributed by atoms with E-state index < -0.39 is 17.5 Å². The van der Waals surface area contributed by atoms with Gasteiger partial charge in [0.25, 0.3) is 0 Å². The van der Waals surface area contributed by atoms with Crippen molar-refractivity contribution in [3.05, 3.63) is 57.9 Å². The largest absolute Gasteiger partial charge is 0.450 e. The molecular formula is C27H33F3O. The zero-order valence-electron chi connectivity index (χ0n) is 18.7. The highest BCUT2D eigenvalue weighted by Gasteiger charge is 2.31. The Morgan fingerprint density at radius 3 is 2.29 bits per heavy atom. The summed E-state index contributed by atoms with van der Waals surface area (Å²) in [6, 6.07) is 5.41. The van der Waals surface area contributed by atoms with Gasteiger partial charge in [0.15, 0.2) is 23.1 Å². The van der Waals surface area contributed by atoms with Crippen molar-refractivity contribution in [2.75, 3.05) is 0 Å². The zero-order valence-corrected chi connectivity index (χ0v) is 18.7. The van der Waals surface area contributed by atoms with E-state index in [1.54, 1.807) is 12.1 Å². The number of hydrogen-bond donors (Lipinski definition) is 0. The van der Waals surface area contributed by atoms with Gasteiger partial charge < -0.3 is 4.74 Å². The van der Waals surface area contributed by atoms with Gasteiger partial charge in [-0.05, 0) is 61.1 Å². The third-order valence-electron chi connectivity index (χ3n) is 7.13. The first kappa shape index (κ1) is 22.2. The van der Waals surface area contributed by atoms with E-state index in [4.69, 9.17) is 4.74 Å². The van der Waals surface area contributed by atoms with Gasteiger partial charge in [0, 0.05) is 17.5 Å². The summed E-state index contributed by atoms with van der Waals surface area (Å²) >= 11 is 0. The number of hydrogen-bond acceptors (Lipinski definition) is 1. The Kier molecular flexibility index (Phi) is 6.93. The molecule has 1 nitrogen and oxygen atoms in total. The van der Waals surface area contributed by atoms with Crippen molar-refractivity contribution < 1.29 is 17.9 Å². The molecule has 0 radical (unpaired) electrons. The summed E-state index contributed by atoms with van der Waals surface area (Å²) in [6.45, 7) is 4.19. The molecule has 31 heavy (non-hydrogen) atoms. The molecule has 0 atom stereocenters. The zero-order chi connectivity index (χ0) is 22.0. The quantitative estimate of drug-likeness (QED) is 0.341. The number of ether oxygens (including phenoxy) is 1.